The zero-order valence-corrected chi connectivity index (χ0v) is 10.2. The van der Waals surface area contributed by atoms with Crippen LogP contribution in [0.25, 0.3) is 0 Å². The molecule has 4 nitrogen and oxygen atoms in total. The molecule has 0 aromatic heterocycles. The van der Waals surface area contributed by atoms with Gasteiger partial charge in [-0.1, -0.05) is 0 Å². The lowest BCUT2D eigenvalue weighted by molar-refractivity contribution is -0.0521. The van der Waals surface area contributed by atoms with Crippen molar-refractivity contribution in [3.8, 4) is 0 Å². The van der Waals surface area contributed by atoms with Gasteiger partial charge in [0, 0.05) is 20.0 Å². The Bertz CT molecular complexity index is 251. The molecule has 0 aromatic carbocycles. The second-order valence-corrected chi connectivity index (χ2v) is 4.39. The number of nitrogens with one attached hydrogen (secondary N) is 1. The standard InChI is InChI=1S/C11H19F2NO3/c1-16-7-9(14-10(15)17-2)8-3-5-11(12,13)6-4-8/h8-9H,3-7H2,1-2H3,(H,14,15). The van der Waals surface area contributed by atoms with Gasteiger partial charge in [0.1, 0.15) is 0 Å². The molecule has 1 atom stereocenters. The maximum absolute atomic E-state index is 13.0. The molecule has 0 saturated heterocycles. The van der Waals surface area contributed by atoms with Gasteiger partial charge in [0.2, 0.25) is 5.92 Å². The van der Waals surface area contributed by atoms with Gasteiger partial charge in [0.05, 0.1) is 19.8 Å². The van der Waals surface area contributed by atoms with Crippen LogP contribution in [0.5, 0.6) is 0 Å². The molecule has 1 saturated carbocycles. The predicted octanol–water partition coefficient (Wildman–Crippen LogP) is 2.18. The fraction of sp³-hybridized carbons (Fsp3) is 0.909. The van der Waals surface area contributed by atoms with Crippen molar-refractivity contribution in [3.05, 3.63) is 0 Å². The van der Waals surface area contributed by atoms with E-state index >= 15 is 0 Å². The first kappa shape index (κ1) is 14.2. The number of carbonyl (C=O) groups excluding carboxylic acids is 1. The van der Waals surface area contributed by atoms with Gasteiger partial charge in [0.15, 0.2) is 0 Å². The van der Waals surface area contributed by atoms with E-state index < -0.39 is 12.0 Å². The highest BCUT2D eigenvalue weighted by molar-refractivity contribution is 5.67. The number of amides is 1. The van der Waals surface area contributed by atoms with Crippen LogP contribution in [-0.2, 0) is 9.47 Å². The molecule has 6 heteroatoms. The van der Waals surface area contributed by atoms with E-state index in [9.17, 15) is 13.6 Å². The molecule has 0 radical (unpaired) electrons. The first-order valence-electron chi connectivity index (χ1n) is 5.70. The number of rotatable bonds is 4. The number of carbonyl (C=O) groups is 1. The zero-order chi connectivity index (χ0) is 12.9. The molecule has 0 bridgehead atoms. The van der Waals surface area contributed by atoms with Crippen LogP contribution in [0.1, 0.15) is 25.7 Å². The summed E-state index contributed by atoms with van der Waals surface area (Å²) in [6, 6.07) is -0.261. The molecule has 0 aromatic rings. The Kier molecular flexibility index (Phi) is 5.11. The van der Waals surface area contributed by atoms with E-state index in [4.69, 9.17) is 4.74 Å². The Morgan fingerprint density at radius 3 is 2.47 bits per heavy atom. The van der Waals surface area contributed by atoms with Crippen LogP contribution >= 0.6 is 0 Å². The molecular weight excluding hydrogens is 232 g/mol. The van der Waals surface area contributed by atoms with E-state index in [0.29, 0.717) is 19.4 Å². The van der Waals surface area contributed by atoms with E-state index in [-0.39, 0.29) is 24.8 Å². The Morgan fingerprint density at radius 2 is 2.00 bits per heavy atom. The maximum atomic E-state index is 13.0. The van der Waals surface area contributed by atoms with Crippen molar-refractivity contribution in [1.29, 1.82) is 0 Å². The molecular formula is C11H19F2NO3. The topological polar surface area (TPSA) is 47.6 Å². The van der Waals surface area contributed by atoms with Crippen molar-refractivity contribution in [2.24, 2.45) is 5.92 Å². The molecule has 1 fully saturated rings. The van der Waals surface area contributed by atoms with E-state index in [1.807, 2.05) is 0 Å². The van der Waals surface area contributed by atoms with Crippen LogP contribution in [0.4, 0.5) is 13.6 Å². The summed E-state index contributed by atoms with van der Waals surface area (Å²) >= 11 is 0. The summed E-state index contributed by atoms with van der Waals surface area (Å²) < 4.78 is 35.5. The van der Waals surface area contributed by atoms with Gasteiger partial charge in [-0.05, 0) is 18.8 Å². The normalized spacial score (nSPS) is 21.9. The van der Waals surface area contributed by atoms with Gasteiger partial charge < -0.3 is 14.8 Å². The van der Waals surface area contributed by atoms with Crippen molar-refractivity contribution in [2.45, 2.75) is 37.6 Å². The summed E-state index contributed by atoms with van der Waals surface area (Å²) in [4.78, 5) is 11.1. The monoisotopic (exact) mass is 251 g/mol. The van der Waals surface area contributed by atoms with Gasteiger partial charge in [-0.25, -0.2) is 13.6 Å². The molecule has 100 valence electrons. The summed E-state index contributed by atoms with van der Waals surface area (Å²) in [5.41, 5.74) is 0. The molecule has 1 N–H and O–H groups in total. The second kappa shape index (κ2) is 6.14. The predicted molar refractivity (Wildman–Crippen MR) is 58.1 cm³/mol. The number of ether oxygens (including phenoxy) is 2. The summed E-state index contributed by atoms with van der Waals surface area (Å²) in [7, 11) is 2.79. The van der Waals surface area contributed by atoms with Crippen LogP contribution in [0.3, 0.4) is 0 Å². The van der Waals surface area contributed by atoms with Crippen LogP contribution in [0.15, 0.2) is 0 Å². The highest BCUT2D eigenvalue weighted by Gasteiger charge is 2.38. The zero-order valence-electron chi connectivity index (χ0n) is 10.2. The quantitative estimate of drug-likeness (QED) is 0.833. The molecule has 1 amide bonds. The van der Waals surface area contributed by atoms with Crippen molar-refractivity contribution in [1.82, 2.24) is 5.32 Å². The first-order valence-corrected chi connectivity index (χ1v) is 5.70. The second-order valence-electron chi connectivity index (χ2n) is 4.39. The summed E-state index contributed by atoms with van der Waals surface area (Å²) in [6.07, 6.45) is -0.0123. The van der Waals surface area contributed by atoms with Gasteiger partial charge in [-0.15, -0.1) is 0 Å². The van der Waals surface area contributed by atoms with Crippen LogP contribution in [-0.4, -0.2) is 38.9 Å². The third kappa shape index (κ3) is 4.46. The molecule has 1 unspecified atom stereocenters. The molecule has 1 rings (SSSR count). The molecule has 17 heavy (non-hydrogen) atoms. The average Bonchev–Trinajstić information content (AvgIpc) is 2.28. The number of halogens is 2. The largest absolute Gasteiger partial charge is 0.453 e. The highest BCUT2D eigenvalue weighted by atomic mass is 19.3. The average molecular weight is 251 g/mol. The fourth-order valence-electron chi connectivity index (χ4n) is 2.15. The molecule has 0 heterocycles. The third-order valence-corrected chi connectivity index (χ3v) is 3.17. The fourth-order valence-corrected chi connectivity index (χ4v) is 2.15. The minimum Gasteiger partial charge on any atom is -0.453 e. The Labute approximate surface area is 99.7 Å². The Hall–Kier alpha value is -0.910. The number of hydrogen-bond donors (Lipinski definition) is 1. The number of hydrogen-bond acceptors (Lipinski definition) is 3. The van der Waals surface area contributed by atoms with E-state index in [1.54, 1.807) is 0 Å². The lowest BCUT2D eigenvalue weighted by Gasteiger charge is -2.33. The molecule has 1 aliphatic carbocycles. The number of alkyl halides is 2. The van der Waals surface area contributed by atoms with E-state index in [1.165, 1.54) is 14.2 Å². The van der Waals surface area contributed by atoms with Gasteiger partial charge >= 0.3 is 6.09 Å². The van der Waals surface area contributed by atoms with Crippen molar-refractivity contribution >= 4 is 6.09 Å². The minimum atomic E-state index is -2.56. The smallest absolute Gasteiger partial charge is 0.407 e. The van der Waals surface area contributed by atoms with Gasteiger partial charge in [0.25, 0.3) is 0 Å². The summed E-state index contributed by atoms with van der Waals surface area (Å²) in [5, 5.41) is 2.63. The maximum Gasteiger partial charge on any atom is 0.407 e. The Balaban J connectivity index is 2.50. The van der Waals surface area contributed by atoms with Gasteiger partial charge in [-0.3, -0.25) is 0 Å². The first-order chi connectivity index (χ1) is 7.98. The van der Waals surface area contributed by atoms with E-state index in [0.717, 1.165) is 0 Å². The molecule has 1 aliphatic rings. The molecule has 0 aliphatic heterocycles. The SMILES string of the molecule is COCC(NC(=O)OC)C1CCC(F)(F)CC1. The summed E-state index contributed by atoms with van der Waals surface area (Å²) in [5.74, 6) is -2.53. The van der Waals surface area contributed by atoms with E-state index in [2.05, 4.69) is 10.1 Å². The van der Waals surface area contributed by atoms with Gasteiger partial charge in [-0.2, -0.15) is 0 Å². The lowest BCUT2D eigenvalue weighted by Crippen LogP contribution is -2.45. The minimum absolute atomic E-state index is 0.0219. The van der Waals surface area contributed by atoms with Crippen molar-refractivity contribution in [2.75, 3.05) is 20.8 Å². The number of methoxy groups -OCH3 is 2. The Morgan fingerprint density at radius 1 is 1.41 bits per heavy atom. The highest BCUT2D eigenvalue weighted by Crippen LogP contribution is 2.37. The van der Waals surface area contributed by atoms with Crippen LogP contribution in [0, 0.1) is 5.92 Å². The van der Waals surface area contributed by atoms with Crippen molar-refractivity contribution in [3.63, 3.8) is 0 Å². The van der Waals surface area contributed by atoms with Crippen LogP contribution < -0.4 is 5.32 Å². The number of alkyl carbamates (subject to hydrolysis) is 1. The van der Waals surface area contributed by atoms with Crippen LogP contribution in [0.2, 0.25) is 0 Å². The van der Waals surface area contributed by atoms with Crippen molar-refractivity contribution < 1.29 is 23.0 Å². The summed E-state index contributed by atoms with van der Waals surface area (Å²) in [6.45, 7) is 0.311. The lowest BCUT2D eigenvalue weighted by atomic mass is 9.82. The third-order valence-electron chi connectivity index (χ3n) is 3.17. The molecule has 0 spiro atoms.